The highest BCUT2D eigenvalue weighted by Crippen LogP contribution is 2.32. The summed E-state index contributed by atoms with van der Waals surface area (Å²) in [5.74, 6) is 0.861. The predicted molar refractivity (Wildman–Crippen MR) is 105 cm³/mol. The molecule has 4 rings (SSSR count). The summed E-state index contributed by atoms with van der Waals surface area (Å²) >= 11 is 1.45. The number of hydrogen-bond donors (Lipinski definition) is 1. The zero-order chi connectivity index (χ0) is 18.1. The van der Waals surface area contributed by atoms with Crippen molar-refractivity contribution in [1.29, 1.82) is 0 Å². The van der Waals surface area contributed by atoms with Gasteiger partial charge in [0.1, 0.15) is 11.5 Å². The fraction of sp³-hybridized carbons (Fsp3) is 0.100. The van der Waals surface area contributed by atoms with Crippen molar-refractivity contribution in [2.45, 2.75) is 0 Å². The van der Waals surface area contributed by atoms with Crippen LogP contribution in [0.4, 0.5) is 5.13 Å². The monoisotopic (exact) mass is 364 g/mol. The van der Waals surface area contributed by atoms with Crippen LogP contribution in [0.2, 0.25) is 0 Å². The minimum Gasteiger partial charge on any atom is -0.497 e. The molecule has 0 aliphatic rings. The highest BCUT2D eigenvalue weighted by atomic mass is 32.1. The van der Waals surface area contributed by atoms with Gasteiger partial charge in [-0.15, -0.1) is 0 Å². The molecule has 1 heterocycles. The lowest BCUT2D eigenvalue weighted by atomic mass is 10.1. The van der Waals surface area contributed by atoms with Crippen molar-refractivity contribution >= 4 is 43.4 Å². The molecule has 0 atom stereocenters. The Labute approximate surface area is 154 Å². The first-order chi connectivity index (χ1) is 12.7. The summed E-state index contributed by atoms with van der Waals surface area (Å²) in [6.07, 6.45) is 0. The van der Waals surface area contributed by atoms with Crippen molar-refractivity contribution in [2.24, 2.45) is 0 Å². The topological polar surface area (TPSA) is 60.5 Å². The minimum absolute atomic E-state index is 0.259. The first kappa shape index (κ1) is 16.4. The number of nitrogens with zero attached hydrogens (tertiary/aromatic N) is 1. The third-order valence-electron chi connectivity index (χ3n) is 4.12. The van der Waals surface area contributed by atoms with Gasteiger partial charge < -0.3 is 9.47 Å². The van der Waals surface area contributed by atoms with Gasteiger partial charge in [-0.1, -0.05) is 41.7 Å². The number of amides is 1. The molecule has 0 aliphatic carbocycles. The van der Waals surface area contributed by atoms with E-state index in [1.807, 2.05) is 24.3 Å². The van der Waals surface area contributed by atoms with Crippen LogP contribution in [0.3, 0.4) is 0 Å². The van der Waals surface area contributed by atoms with Gasteiger partial charge in [0, 0.05) is 17.0 Å². The van der Waals surface area contributed by atoms with Gasteiger partial charge in [0.05, 0.1) is 24.4 Å². The van der Waals surface area contributed by atoms with E-state index in [9.17, 15) is 4.79 Å². The van der Waals surface area contributed by atoms with Crippen molar-refractivity contribution in [3.8, 4) is 11.5 Å². The van der Waals surface area contributed by atoms with Crippen molar-refractivity contribution in [1.82, 2.24) is 4.98 Å². The van der Waals surface area contributed by atoms with E-state index in [0.29, 0.717) is 22.2 Å². The highest BCUT2D eigenvalue weighted by molar-refractivity contribution is 7.22. The maximum atomic E-state index is 12.6. The Balaban J connectivity index is 1.69. The SMILES string of the molecule is COc1cc(OC)cc(C(=O)Nc2nc3c(ccc4ccccc43)s2)c1. The second-order valence-corrected chi connectivity index (χ2v) is 6.74. The molecule has 130 valence electrons. The second-order valence-electron chi connectivity index (χ2n) is 5.71. The van der Waals surface area contributed by atoms with Crippen molar-refractivity contribution < 1.29 is 14.3 Å². The molecule has 0 radical (unpaired) electrons. The molecule has 1 amide bonds. The number of ether oxygens (including phenoxy) is 2. The molecule has 0 saturated carbocycles. The fourth-order valence-corrected chi connectivity index (χ4v) is 3.70. The Bertz CT molecular complexity index is 1100. The summed E-state index contributed by atoms with van der Waals surface area (Å²) in [5, 5.41) is 5.63. The Hall–Kier alpha value is -3.12. The molecule has 5 nitrogen and oxygen atoms in total. The van der Waals surface area contributed by atoms with Crippen LogP contribution in [0.15, 0.2) is 54.6 Å². The first-order valence-corrected chi connectivity index (χ1v) is 8.82. The number of hydrogen-bond acceptors (Lipinski definition) is 5. The largest absolute Gasteiger partial charge is 0.497 e. The van der Waals surface area contributed by atoms with E-state index in [1.54, 1.807) is 32.4 Å². The average molecular weight is 364 g/mol. The lowest BCUT2D eigenvalue weighted by Gasteiger charge is -2.07. The number of fused-ring (bicyclic) bond motifs is 3. The molecule has 0 bridgehead atoms. The number of thiazole rings is 1. The van der Waals surface area contributed by atoms with E-state index in [1.165, 1.54) is 11.3 Å². The van der Waals surface area contributed by atoms with E-state index in [4.69, 9.17) is 9.47 Å². The van der Waals surface area contributed by atoms with Crippen LogP contribution in [0.25, 0.3) is 21.0 Å². The van der Waals surface area contributed by atoms with Crippen LogP contribution < -0.4 is 14.8 Å². The zero-order valence-electron chi connectivity index (χ0n) is 14.3. The average Bonchev–Trinajstić information content (AvgIpc) is 3.10. The number of nitrogens with one attached hydrogen (secondary N) is 1. The fourth-order valence-electron chi connectivity index (χ4n) is 2.82. The van der Waals surface area contributed by atoms with E-state index < -0.39 is 0 Å². The molecule has 26 heavy (non-hydrogen) atoms. The third-order valence-corrected chi connectivity index (χ3v) is 5.05. The number of anilines is 1. The number of carbonyl (C=O) groups excluding carboxylic acids is 1. The smallest absolute Gasteiger partial charge is 0.257 e. The normalized spacial score (nSPS) is 10.8. The molecule has 4 aromatic rings. The van der Waals surface area contributed by atoms with Gasteiger partial charge in [0.25, 0.3) is 5.91 Å². The highest BCUT2D eigenvalue weighted by Gasteiger charge is 2.13. The predicted octanol–water partition coefficient (Wildman–Crippen LogP) is 4.72. The summed E-state index contributed by atoms with van der Waals surface area (Å²) in [6, 6.07) is 17.2. The standard InChI is InChI=1S/C20H16N2O3S/c1-24-14-9-13(10-15(11-14)25-2)19(23)22-20-21-18-16-6-4-3-5-12(16)7-8-17(18)26-20/h3-11H,1-2H3,(H,21,22,23). The van der Waals surface area contributed by atoms with Gasteiger partial charge in [0.15, 0.2) is 5.13 Å². The summed E-state index contributed by atoms with van der Waals surface area (Å²) in [5.41, 5.74) is 1.34. The lowest BCUT2D eigenvalue weighted by Crippen LogP contribution is -2.12. The molecular weight excluding hydrogens is 348 g/mol. The zero-order valence-corrected chi connectivity index (χ0v) is 15.1. The van der Waals surface area contributed by atoms with Crippen LogP contribution in [0, 0.1) is 0 Å². The maximum Gasteiger partial charge on any atom is 0.257 e. The molecule has 0 unspecified atom stereocenters. The Morgan fingerprint density at radius 3 is 2.46 bits per heavy atom. The van der Waals surface area contributed by atoms with E-state index in [2.05, 4.69) is 22.4 Å². The van der Waals surface area contributed by atoms with Crippen LogP contribution >= 0.6 is 11.3 Å². The molecular formula is C20H16N2O3S. The second kappa shape index (κ2) is 6.65. The van der Waals surface area contributed by atoms with Gasteiger partial charge in [0.2, 0.25) is 0 Å². The first-order valence-electron chi connectivity index (χ1n) is 8.00. The van der Waals surface area contributed by atoms with Crippen LogP contribution in [0.5, 0.6) is 11.5 Å². The van der Waals surface area contributed by atoms with Crippen molar-refractivity contribution in [2.75, 3.05) is 19.5 Å². The lowest BCUT2D eigenvalue weighted by molar-refractivity contribution is 0.102. The Morgan fingerprint density at radius 2 is 1.73 bits per heavy atom. The summed E-state index contributed by atoms with van der Waals surface area (Å²) in [7, 11) is 3.10. The van der Waals surface area contributed by atoms with Crippen LogP contribution in [0.1, 0.15) is 10.4 Å². The van der Waals surface area contributed by atoms with E-state index >= 15 is 0 Å². The van der Waals surface area contributed by atoms with Crippen molar-refractivity contribution in [3.05, 3.63) is 60.2 Å². The molecule has 1 aromatic heterocycles. The quantitative estimate of drug-likeness (QED) is 0.569. The molecule has 0 saturated heterocycles. The number of rotatable bonds is 4. The Kier molecular flexibility index (Phi) is 4.18. The molecule has 0 aliphatic heterocycles. The van der Waals surface area contributed by atoms with Gasteiger partial charge in [-0.2, -0.15) is 0 Å². The van der Waals surface area contributed by atoms with Gasteiger partial charge in [-0.05, 0) is 23.6 Å². The van der Waals surface area contributed by atoms with E-state index in [0.717, 1.165) is 21.0 Å². The number of aromatic nitrogens is 1. The summed E-state index contributed by atoms with van der Waals surface area (Å²) < 4.78 is 11.5. The molecule has 0 spiro atoms. The summed E-state index contributed by atoms with van der Waals surface area (Å²) in [4.78, 5) is 17.3. The minimum atomic E-state index is -0.259. The van der Waals surface area contributed by atoms with Crippen molar-refractivity contribution in [3.63, 3.8) is 0 Å². The van der Waals surface area contributed by atoms with Gasteiger partial charge in [-0.25, -0.2) is 4.98 Å². The molecule has 0 fully saturated rings. The Morgan fingerprint density at radius 1 is 1.00 bits per heavy atom. The number of carbonyl (C=O) groups is 1. The van der Waals surface area contributed by atoms with E-state index in [-0.39, 0.29) is 5.91 Å². The number of methoxy groups -OCH3 is 2. The van der Waals surface area contributed by atoms with Gasteiger partial charge in [-0.3, -0.25) is 10.1 Å². The molecule has 3 aromatic carbocycles. The molecule has 1 N–H and O–H groups in total. The summed E-state index contributed by atoms with van der Waals surface area (Å²) in [6.45, 7) is 0. The third kappa shape index (κ3) is 2.95. The maximum absolute atomic E-state index is 12.6. The number of benzene rings is 3. The molecule has 6 heteroatoms. The van der Waals surface area contributed by atoms with Crippen LogP contribution in [-0.2, 0) is 0 Å². The van der Waals surface area contributed by atoms with Gasteiger partial charge >= 0.3 is 0 Å². The van der Waals surface area contributed by atoms with Crippen LogP contribution in [-0.4, -0.2) is 25.1 Å².